The Kier molecular flexibility index (Phi) is 6.62. The molecule has 1 fully saturated rings. The van der Waals surface area contributed by atoms with Crippen LogP contribution in [-0.2, 0) is 4.79 Å². The van der Waals surface area contributed by atoms with Gasteiger partial charge in [0.1, 0.15) is 11.7 Å². The van der Waals surface area contributed by atoms with E-state index >= 15 is 0 Å². The van der Waals surface area contributed by atoms with Crippen molar-refractivity contribution in [2.45, 2.75) is 32.2 Å². The number of hydrogen-bond donors (Lipinski definition) is 3. The van der Waals surface area contributed by atoms with Crippen LogP contribution in [0.3, 0.4) is 0 Å². The monoisotopic (exact) mass is 445 g/mol. The summed E-state index contributed by atoms with van der Waals surface area (Å²) in [6, 6.07) is 1.09. The molecule has 4 heterocycles. The van der Waals surface area contributed by atoms with Gasteiger partial charge >= 0.3 is 0 Å². The molecule has 3 aromatic rings. The van der Waals surface area contributed by atoms with Gasteiger partial charge in [-0.05, 0) is 51.9 Å². The molecule has 0 aliphatic carbocycles. The molecule has 0 unspecified atom stereocenters. The van der Waals surface area contributed by atoms with E-state index in [1.165, 1.54) is 19.0 Å². The predicted octanol–water partition coefficient (Wildman–Crippen LogP) is 3.21. The lowest BCUT2D eigenvalue weighted by molar-refractivity contribution is -0.121. The van der Waals surface area contributed by atoms with Crippen molar-refractivity contribution in [3.63, 3.8) is 0 Å². The third-order valence-electron chi connectivity index (χ3n) is 5.38. The number of halogens is 2. The van der Waals surface area contributed by atoms with E-state index < -0.39 is 11.9 Å². The summed E-state index contributed by atoms with van der Waals surface area (Å²) in [5.74, 6) is -0.566. The Hall–Kier alpha value is -2.78. The van der Waals surface area contributed by atoms with Gasteiger partial charge in [0.25, 0.3) is 0 Å². The number of aromatic nitrogens is 4. The second kappa shape index (κ2) is 9.57. The molecule has 31 heavy (non-hydrogen) atoms. The Morgan fingerprint density at radius 3 is 2.94 bits per heavy atom. The zero-order valence-corrected chi connectivity index (χ0v) is 18.0. The third kappa shape index (κ3) is 5.11. The molecule has 1 saturated heterocycles. The first kappa shape index (κ1) is 21.5. The van der Waals surface area contributed by atoms with Crippen molar-refractivity contribution < 1.29 is 9.18 Å². The lowest BCUT2D eigenvalue weighted by atomic mass is 10.2. The molecule has 164 valence electrons. The first-order chi connectivity index (χ1) is 15.0. The molecule has 10 heteroatoms. The molecular formula is C21H25ClFN7O. The van der Waals surface area contributed by atoms with Crippen LogP contribution in [0.15, 0.2) is 24.7 Å². The van der Waals surface area contributed by atoms with E-state index in [0.717, 1.165) is 37.6 Å². The SMILES string of the molecule is C[C@H](Nc1nc(-c2c[nH]c3ncc(Cl)cc23)ncc1F)C(=O)NCCCN1CCCC1. The Labute approximate surface area is 184 Å². The largest absolute Gasteiger partial charge is 0.356 e. The number of carbonyl (C=O) groups excluding carboxylic acids is 1. The number of anilines is 1. The minimum Gasteiger partial charge on any atom is -0.356 e. The number of rotatable bonds is 8. The van der Waals surface area contributed by atoms with Crippen molar-refractivity contribution in [3.05, 3.63) is 35.5 Å². The first-order valence-electron chi connectivity index (χ1n) is 10.4. The van der Waals surface area contributed by atoms with Gasteiger partial charge in [-0.25, -0.2) is 19.3 Å². The van der Waals surface area contributed by atoms with E-state index in [4.69, 9.17) is 11.6 Å². The van der Waals surface area contributed by atoms with E-state index in [-0.39, 0.29) is 11.7 Å². The number of amides is 1. The van der Waals surface area contributed by atoms with Crippen molar-refractivity contribution in [2.24, 2.45) is 0 Å². The molecule has 8 nitrogen and oxygen atoms in total. The van der Waals surface area contributed by atoms with Gasteiger partial charge in [0.15, 0.2) is 17.5 Å². The number of H-pyrrole nitrogens is 1. The highest BCUT2D eigenvalue weighted by atomic mass is 35.5. The number of nitrogens with zero attached hydrogens (tertiary/aromatic N) is 4. The maximum atomic E-state index is 14.3. The Morgan fingerprint density at radius 2 is 2.13 bits per heavy atom. The minimum absolute atomic E-state index is 0.0333. The summed E-state index contributed by atoms with van der Waals surface area (Å²) in [6.45, 7) is 5.52. The molecule has 0 spiro atoms. The maximum absolute atomic E-state index is 14.3. The standard InChI is InChI=1S/C21H25ClFN7O/c1-13(21(31)24-5-4-8-30-6-2-3-7-30)28-20-17(23)12-27-19(29-20)16-11-26-18-15(16)9-14(22)10-25-18/h9-13H,2-8H2,1H3,(H,24,31)(H,25,26)(H,27,28,29)/t13-/m0/s1. The molecule has 3 aromatic heterocycles. The molecular weight excluding hydrogens is 421 g/mol. The van der Waals surface area contributed by atoms with Crippen molar-refractivity contribution in [3.8, 4) is 11.4 Å². The molecule has 3 N–H and O–H groups in total. The second-order valence-corrected chi connectivity index (χ2v) is 8.14. The van der Waals surface area contributed by atoms with E-state index in [9.17, 15) is 9.18 Å². The Bertz CT molecular complexity index is 1070. The number of carbonyl (C=O) groups is 1. The number of hydrogen-bond acceptors (Lipinski definition) is 6. The molecule has 0 saturated carbocycles. The lowest BCUT2D eigenvalue weighted by Crippen LogP contribution is -2.39. The summed E-state index contributed by atoms with van der Waals surface area (Å²) < 4.78 is 14.3. The number of pyridine rings is 1. The van der Waals surface area contributed by atoms with Crippen LogP contribution < -0.4 is 10.6 Å². The Balaban J connectivity index is 1.39. The van der Waals surface area contributed by atoms with Crippen LogP contribution in [0, 0.1) is 5.82 Å². The maximum Gasteiger partial charge on any atom is 0.242 e. The first-order valence-corrected chi connectivity index (χ1v) is 10.8. The average molecular weight is 446 g/mol. The molecule has 1 aliphatic heterocycles. The highest BCUT2D eigenvalue weighted by Gasteiger charge is 2.18. The van der Waals surface area contributed by atoms with Gasteiger partial charge in [0.2, 0.25) is 5.91 Å². The number of aromatic amines is 1. The van der Waals surface area contributed by atoms with E-state index in [1.807, 2.05) is 0 Å². The molecule has 1 aliphatic rings. The molecule has 1 atom stereocenters. The third-order valence-corrected chi connectivity index (χ3v) is 5.58. The fourth-order valence-corrected chi connectivity index (χ4v) is 3.86. The highest BCUT2D eigenvalue weighted by molar-refractivity contribution is 6.31. The van der Waals surface area contributed by atoms with Crippen LogP contribution in [0.4, 0.5) is 10.2 Å². The zero-order chi connectivity index (χ0) is 21.8. The normalized spacial score (nSPS) is 15.3. The zero-order valence-electron chi connectivity index (χ0n) is 17.3. The van der Waals surface area contributed by atoms with Crippen LogP contribution in [0.5, 0.6) is 0 Å². The van der Waals surface area contributed by atoms with Gasteiger partial charge in [-0.2, -0.15) is 0 Å². The second-order valence-electron chi connectivity index (χ2n) is 7.70. The molecule has 0 aromatic carbocycles. The highest BCUT2D eigenvalue weighted by Crippen LogP contribution is 2.28. The van der Waals surface area contributed by atoms with Crippen LogP contribution in [0.1, 0.15) is 26.2 Å². The summed E-state index contributed by atoms with van der Waals surface area (Å²) in [7, 11) is 0. The average Bonchev–Trinajstić information content (AvgIpc) is 3.42. The fraction of sp³-hybridized carbons (Fsp3) is 0.429. The van der Waals surface area contributed by atoms with Gasteiger partial charge in [0, 0.05) is 29.9 Å². The van der Waals surface area contributed by atoms with Crippen molar-refractivity contribution >= 4 is 34.4 Å². The smallest absolute Gasteiger partial charge is 0.242 e. The van der Waals surface area contributed by atoms with Crippen LogP contribution >= 0.6 is 11.6 Å². The summed E-state index contributed by atoms with van der Waals surface area (Å²) in [4.78, 5) is 30.4. The van der Waals surface area contributed by atoms with E-state index in [0.29, 0.717) is 28.6 Å². The van der Waals surface area contributed by atoms with Crippen molar-refractivity contribution in [2.75, 3.05) is 31.5 Å². The topological polar surface area (TPSA) is 98.8 Å². The molecule has 1 amide bonds. The van der Waals surface area contributed by atoms with Gasteiger partial charge in [-0.1, -0.05) is 11.6 Å². The number of nitrogens with one attached hydrogen (secondary N) is 3. The van der Waals surface area contributed by atoms with Gasteiger partial charge in [-0.3, -0.25) is 4.79 Å². The van der Waals surface area contributed by atoms with Crippen LogP contribution in [-0.4, -0.2) is 63.0 Å². The van der Waals surface area contributed by atoms with Crippen LogP contribution in [0.25, 0.3) is 22.4 Å². The quantitative estimate of drug-likeness (QED) is 0.460. The summed E-state index contributed by atoms with van der Waals surface area (Å²) >= 11 is 6.05. The lowest BCUT2D eigenvalue weighted by Gasteiger charge is -2.17. The van der Waals surface area contributed by atoms with E-state index in [1.54, 1.807) is 19.2 Å². The summed E-state index contributed by atoms with van der Waals surface area (Å²) in [5.41, 5.74) is 1.27. The van der Waals surface area contributed by atoms with Gasteiger partial charge in [-0.15, -0.1) is 0 Å². The Morgan fingerprint density at radius 1 is 1.32 bits per heavy atom. The van der Waals surface area contributed by atoms with E-state index in [2.05, 4.69) is 35.5 Å². The van der Waals surface area contributed by atoms with Crippen molar-refractivity contribution in [1.82, 2.24) is 30.2 Å². The van der Waals surface area contributed by atoms with Crippen LogP contribution in [0.2, 0.25) is 5.02 Å². The minimum atomic E-state index is -0.650. The fourth-order valence-electron chi connectivity index (χ4n) is 3.71. The molecule has 0 radical (unpaired) electrons. The van der Waals surface area contributed by atoms with Gasteiger partial charge in [0.05, 0.1) is 11.2 Å². The molecule has 4 rings (SSSR count). The number of likely N-dealkylation sites (tertiary alicyclic amines) is 1. The number of fused-ring (bicyclic) bond motifs is 1. The predicted molar refractivity (Wildman–Crippen MR) is 118 cm³/mol. The molecule has 0 bridgehead atoms. The summed E-state index contributed by atoms with van der Waals surface area (Å²) in [5, 5.41) is 6.96. The van der Waals surface area contributed by atoms with Crippen molar-refractivity contribution in [1.29, 1.82) is 0 Å². The summed E-state index contributed by atoms with van der Waals surface area (Å²) in [6.07, 6.45) is 7.71. The van der Waals surface area contributed by atoms with Gasteiger partial charge < -0.3 is 20.5 Å².